The van der Waals surface area contributed by atoms with E-state index in [1.54, 1.807) is 18.2 Å². The van der Waals surface area contributed by atoms with E-state index in [1.165, 1.54) is 6.08 Å². The van der Waals surface area contributed by atoms with Crippen LogP contribution in [0.3, 0.4) is 0 Å². The molecule has 1 heterocycles. The summed E-state index contributed by atoms with van der Waals surface area (Å²) in [4.78, 5) is 12.5. The molecule has 3 aromatic carbocycles. The summed E-state index contributed by atoms with van der Waals surface area (Å²) in [6.45, 7) is 0. The van der Waals surface area contributed by atoms with Crippen LogP contribution in [0.25, 0.3) is 6.08 Å². The number of benzene rings is 3. The number of hydrogen-bond acceptors (Lipinski definition) is 3. The number of ether oxygens (including phenoxy) is 1. The summed E-state index contributed by atoms with van der Waals surface area (Å²) in [7, 11) is 0. The van der Waals surface area contributed by atoms with Crippen molar-refractivity contribution in [1.82, 2.24) is 0 Å². The summed E-state index contributed by atoms with van der Waals surface area (Å²) in [5, 5.41) is 10.4. The van der Waals surface area contributed by atoms with Crippen molar-refractivity contribution < 1.29 is 14.6 Å². The molecule has 4 rings (SSSR count). The normalized spacial score (nSPS) is 15.9. The molecular weight excluding hydrogens is 336 g/mol. The first-order valence-corrected chi connectivity index (χ1v) is 9.05. The highest BCUT2D eigenvalue weighted by atomic mass is 16.5. The first kappa shape index (κ1) is 17.1. The zero-order valence-electron chi connectivity index (χ0n) is 14.8. The Morgan fingerprint density at radius 3 is 2.44 bits per heavy atom. The summed E-state index contributed by atoms with van der Waals surface area (Å²) in [6, 6.07) is 23.0. The molecule has 0 spiro atoms. The number of carbonyl (C=O) groups excluding carboxylic acids is 1. The number of phenols is 1. The van der Waals surface area contributed by atoms with Crippen LogP contribution in [0.4, 0.5) is 0 Å². The lowest BCUT2D eigenvalue weighted by molar-refractivity contribution is 0.104. The summed E-state index contributed by atoms with van der Waals surface area (Å²) >= 11 is 0. The van der Waals surface area contributed by atoms with Gasteiger partial charge in [-0.15, -0.1) is 0 Å². The number of rotatable bonds is 4. The maximum absolute atomic E-state index is 12.5. The number of carbonyl (C=O) groups is 1. The molecule has 1 aliphatic heterocycles. The van der Waals surface area contributed by atoms with Gasteiger partial charge in [0, 0.05) is 6.07 Å². The van der Waals surface area contributed by atoms with Crippen LogP contribution in [0.2, 0.25) is 0 Å². The van der Waals surface area contributed by atoms with E-state index >= 15 is 0 Å². The van der Waals surface area contributed by atoms with Crippen molar-refractivity contribution >= 4 is 11.9 Å². The highest BCUT2D eigenvalue weighted by molar-refractivity contribution is 6.08. The summed E-state index contributed by atoms with van der Waals surface area (Å²) < 4.78 is 6.07. The van der Waals surface area contributed by atoms with Gasteiger partial charge in [-0.25, -0.2) is 0 Å². The van der Waals surface area contributed by atoms with Gasteiger partial charge in [-0.3, -0.25) is 4.79 Å². The molecule has 0 aromatic heterocycles. The molecule has 0 saturated carbocycles. The Hall–Kier alpha value is -3.33. The fraction of sp³-hybridized carbons (Fsp3) is 0.125. The second kappa shape index (κ2) is 7.50. The molecule has 1 N–H and O–H groups in total. The summed E-state index contributed by atoms with van der Waals surface area (Å²) in [5.74, 6) is 0.380. The number of aryl methyl sites for hydroxylation is 1. The van der Waals surface area contributed by atoms with Gasteiger partial charge in [-0.1, -0.05) is 66.7 Å². The summed E-state index contributed by atoms with van der Waals surface area (Å²) in [5.41, 5.74) is 3.32. The fourth-order valence-electron chi connectivity index (χ4n) is 3.34. The quantitative estimate of drug-likeness (QED) is 0.506. The second-order valence-corrected chi connectivity index (χ2v) is 6.64. The van der Waals surface area contributed by atoms with Crippen molar-refractivity contribution in [2.24, 2.45) is 0 Å². The van der Waals surface area contributed by atoms with E-state index < -0.39 is 0 Å². The first-order chi connectivity index (χ1) is 13.2. The van der Waals surface area contributed by atoms with Crippen molar-refractivity contribution in [3.05, 3.63) is 101 Å². The number of ketones is 1. The molecule has 0 saturated heterocycles. The van der Waals surface area contributed by atoms with Gasteiger partial charge in [0.05, 0.1) is 5.56 Å². The van der Waals surface area contributed by atoms with Crippen LogP contribution < -0.4 is 4.74 Å². The van der Waals surface area contributed by atoms with E-state index in [-0.39, 0.29) is 17.6 Å². The molecule has 0 fully saturated rings. The van der Waals surface area contributed by atoms with Gasteiger partial charge in [-0.2, -0.15) is 0 Å². The molecule has 1 unspecified atom stereocenters. The van der Waals surface area contributed by atoms with Crippen LogP contribution in [-0.2, 0) is 6.42 Å². The predicted molar refractivity (Wildman–Crippen MR) is 106 cm³/mol. The summed E-state index contributed by atoms with van der Waals surface area (Å²) in [6.07, 6.45) is 4.86. The Kier molecular flexibility index (Phi) is 4.75. The van der Waals surface area contributed by atoms with E-state index in [4.69, 9.17) is 4.74 Å². The number of phenolic OH excluding ortho intramolecular Hbond substituents is 1. The lowest BCUT2D eigenvalue weighted by Crippen LogP contribution is -2.15. The van der Waals surface area contributed by atoms with Crippen LogP contribution in [0.15, 0.2) is 78.9 Å². The zero-order valence-corrected chi connectivity index (χ0v) is 14.8. The van der Waals surface area contributed by atoms with Crippen LogP contribution >= 0.6 is 0 Å². The molecule has 0 aliphatic carbocycles. The number of fused-ring (bicyclic) bond motifs is 1. The van der Waals surface area contributed by atoms with Crippen LogP contribution in [-0.4, -0.2) is 10.9 Å². The molecule has 3 aromatic rings. The lowest BCUT2D eigenvalue weighted by Gasteiger charge is -2.27. The van der Waals surface area contributed by atoms with Gasteiger partial charge in [0.2, 0.25) is 0 Å². The third kappa shape index (κ3) is 3.77. The molecule has 3 nitrogen and oxygen atoms in total. The SMILES string of the molecule is O=C(/C=C/c1ccccc1)c1cc2c(cc1O)OC(c1ccccc1)CC2. The Morgan fingerprint density at radius 2 is 1.70 bits per heavy atom. The van der Waals surface area contributed by atoms with Gasteiger partial charge in [0.1, 0.15) is 17.6 Å². The van der Waals surface area contributed by atoms with Gasteiger partial charge in [0.25, 0.3) is 0 Å². The predicted octanol–water partition coefficient (Wildman–Crippen LogP) is 5.35. The Morgan fingerprint density at radius 1 is 1.00 bits per heavy atom. The molecule has 0 radical (unpaired) electrons. The average Bonchev–Trinajstić information content (AvgIpc) is 2.72. The number of hydrogen-bond donors (Lipinski definition) is 1. The molecular formula is C24H20O3. The van der Waals surface area contributed by atoms with Crippen molar-refractivity contribution in [2.75, 3.05) is 0 Å². The molecule has 0 bridgehead atoms. The van der Waals surface area contributed by atoms with Crippen LogP contribution in [0.1, 0.15) is 39.6 Å². The maximum Gasteiger partial charge on any atom is 0.189 e. The maximum atomic E-state index is 12.5. The van der Waals surface area contributed by atoms with Crippen molar-refractivity contribution in [1.29, 1.82) is 0 Å². The lowest BCUT2D eigenvalue weighted by atomic mass is 9.95. The Bertz CT molecular complexity index is 975. The third-order valence-corrected chi connectivity index (χ3v) is 4.79. The van der Waals surface area contributed by atoms with Crippen molar-refractivity contribution in [2.45, 2.75) is 18.9 Å². The van der Waals surface area contributed by atoms with E-state index in [0.717, 1.165) is 29.5 Å². The monoisotopic (exact) mass is 356 g/mol. The van der Waals surface area contributed by atoms with Crippen molar-refractivity contribution in [3.8, 4) is 11.5 Å². The fourth-order valence-corrected chi connectivity index (χ4v) is 3.34. The standard InChI is InChI=1S/C24H20O3/c25-21(13-11-17-7-3-1-4-8-17)20-15-19-12-14-23(18-9-5-2-6-10-18)27-24(19)16-22(20)26/h1-11,13,15-16,23,26H,12,14H2/b13-11+. The van der Waals surface area contributed by atoms with Gasteiger partial charge < -0.3 is 9.84 Å². The molecule has 1 aliphatic rings. The topological polar surface area (TPSA) is 46.5 Å². The minimum absolute atomic E-state index is 0.0300. The minimum Gasteiger partial charge on any atom is -0.507 e. The number of allylic oxidation sites excluding steroid dienone is 1. The number of aromatic hydroxyl groups is 1. The largest absolute Gasteiger partial charge is 0.507 e. The molecule has 134 valence electrons. The van der Waals surface area contributed by atoms with E-state index in [9.17, 15) is 9.90 Å². The Balaban J connectivity index is 1.56. The second-order valence-electron chi connectivity index (χ2n) is 6.64. The van der Waals surface area contributed by atoms with E-state index in [1.807, 2.05) is 60.7 Å². The molecule has 27 heavy (non-hydrogen) atoms. The molecule has 1 atom stereocenters. The zero-order chi connectivity index (χ0) is 18.6. The smallest absolute Gasteiger partial charge is 0.189 e. The highest BCUT2D eigenvalue weighted by Gasteiger charge is 2.23. The minimum atomic E-state index is -0.218. The molecule has 0 amide bonds. The van der Waals surface area contributed by atoms with Crippen molar-refractivity contribution in [3.63, 3.8) is 0 Å². The highest BCUT2D eigenvalue weighted by Crippen LogP contribution is 2.38. The Labute approximate surface area is 158 Å². The first-order valence-electron chi connectivity index (χ1n) is 9.05. The van der Waals surface area contributed by atoms with Gasteiger partial charge in [-0.05, 0) is 41.7 Å². The third-order valence-electron chi connectivity index (χ3n) is 4.79. The molecule has 3 heteroatoms. The van der Waals surface area contributed by atoms with Gasteiger partial charge >= 0.3 is 0 Å². The van der Waals surface area contributed by atoms with Gasteiger partial charge in [0.15, 0.2) is 5.78 Å². The van der Waals surface area contributed by atoms with Crippen LogP contribution in [0.5, 0.6) is 11.5 Å². The van der Waals surface area contributed by atoms with E-state index in [0.29, 0.717) is 11.3 Å². The van der Waals surface area contributed by atoms with Crippen LogP contribution in [0, 0.1) is 0 Å². The van der Waals surface area contributed by atoms with E-state index in [2.05, 4.69) is 0 Å². The average molecular weight is 356 g/mol.